The zero-order chi connectivity index (χ0) is 18.2. The van der Waals surface area contributed by atoms with Crippen molar-refractivity contribution < 1.29 is 14.3 Å². The summed E-state index contributed by atoms with van der Waals surface area (Å²) < 4.78 is 11.2. The lowest BCUT2D eigenvalue weighted by Crippen LogP contribution is -2.30. The molecule has 2 aliphatic heterocycles. The average molecular weight is 383 g/mol. The van der Waals surface area contributed by atoms with Gasteiger partial charge in [-0.3, -0.25) is 4.79 Å². The van der Waals surface area contributed by atoms with E-state index in [1.807, 2.05) is 35.2 Å². The number of fused-ring (bicyclic) bond motifs is 1. The van der Waals surface area contributed by atoms with E-state index in [-0.39, 0.29) is 11.9 Å². The Morgan fingerprint density at radius 2 is 2.07 bits per heavy atom. The van der Waals surface area contributed by atoms with Crippen LogP contribution in [0, 0.1) is 0 Å². The molecule has 3 aromatic rings. The third-order valence-electron chi connectivity index (χ3n) is 4.82. The van der Waals surface area contributed by atoms with Crippen LogP contribution in [0.3, 0.4) is 0 Å². The lowest BCUT2D eigenvalue weighted by atomic mass is 10.1. The van der Waals surface area contributed by atoms with Crippen LogP contribution in [-0.4, -0.2) is 51.2 Å². The zero-order valence-electron chi connectivity index (χ0n) is 14.4. The molecule has 9 heteroatoms. The van der Waals surface area contributed by atoms with Gasteiger partial charge in [0.25, 0.3) is 5.91 Å². The number of rotatable bonds is 3. The van der Waals surface area contributed by atoms with Gasteiger partial charge in [-0.1, -0.05) is 5.21 Å². The van der Waals surface area contributed by atoms with Crippen molar-refractivity contribution >= 4 is 17.2 Å². The minimum Gasteiger partial charge on any atom is -0.486 e. The molecule has 0 radical (unpaired) electrons. The van der Waals surface area contributed by atoms with Crippen molar-refractivity contribution in [1.82, 2.24) is 25.5 Å². The van der Waals surface area contributed by atoms with Crippen LogP contribution < -0.4 is 9.47 Å². The lowest BCUT2D eigenvalue weighted by Gasteiger charge is -2.21. The smallest absolute Gasteiger partial charge is 0.264 e. The van der Waals surface area contributed by atoms with Gasteiger partial charge in [-0.25, -0.2) is 0 Å². The number of ether oxygens (including phenoxy) is 2. The van der Waals surface area contributed by atoms with Gasteiger partial charge in [-0.05, 0) is 48.7 Å². The fraction of sp³-hybridized carbons (Fsp3) is 0.333. The van der Waals surface area contributed by atoms with E-state index in [0.29, 0.717) is 30.5 Å². The number of nitrogens with one attached hydrogen (secondary N) is 1. The third-order valence-corrected chi connectivity index (χ3v) is 5.94. The molecular weight excluding hydrogens is 366 g/mol. The fourth-order valence-electron chi connectivity index (χ4n) is 3.54. The van der Waals surface area contributed by atoms with Gasteiger partial charge >= 0.3 is 0 Å². The molecule has 1 N–H and O–H groups in total. The number of H-pyrrole nitrogens is 1. The first-order valence-corrected chi connectivity index (χ1v) is 9.65. The molecule has 2 aliphatic rings. The second kappa shape index (κ2) is 6.66. The summed E-state index contributed by atoms with van der Waals surface area (Å²) in [6, 6.07) is 9.61. The molecule has 0 saturated carbocycles. The van der Waals surface area contributed by atoms with Crippen molar-refractivity contribution in [2.75, 3.05) is 19.8 Å². The molecule has 1 fully saturated rings. The van der Waals surface area contributed by atoms with Gasteiger partial charge in [0.2, 0.25) is 0 Å². The highest BCUT2D eigenvalue weighted by Gasteiger charge is 2.33. The largest absolute Gasteiger partial charge is 0.486 e. The third kappa shape index (κ3) is 2.93. The quantitative estimate of drug-likeness (QED) is 0.747. The molecule has 1 saturated heterocycles. The van der Waals surface area contributed by atoms with Gasteiger partial charge in [0.1, 0.15) is 13.2 Å². The van der Waals surface area contributed by atoms with E-state index < -0.39 is 0 Å². The topological polar surface area (TPSA) is 93.2 Å². The number of carbonyl (C=O) groups excluding carboxylic acids is 1. The Morgan fingerprint density at radius 3 is 2.93 bits per heavy atom. The highest BCUT2D eigenvalue weighted by Crippen LogP contribution is 2.38. The van der Waals surface area contributed by atoms with Crippen molar-refractivity contribution in [2.24, 2.45) is 0 Å². The monoisotopic (exact) mass is 383 g/mol. The lowest BCUT2D eigenvalue weighted by molar-refractivity contribution is 0.0735. The van der Waals surface area contributed by atoms with Crippen molar-refractivity contribution in [3.8, 4) is 21.9 Å². The minimum absolute atomic E-state index is 0.0103. The normalized spacial score (nSPS) is 18.7. The molecule has 138 valence electrons. The standard InChI is InChI=1S/C18H17N5O3S/c24-18(23-7-1-2-12(23)17-19-21-22-20-17)16-6-5-15(27-16)11-3-4-13-14(10-11)26-9-8-25-13/h3-6,10,12H,1-2,7-9H2,(H,19,20,21,22)/t12-/m0/s1. The number of nitrogens with zero attached hydrogens (tertiary/aromatic N) is 4. The first-order valence-electron chi connectivity index (χ1n) is 8.84. The van der Waals surface area contributed by atoms with Crippen LogP contribution in [0.25, 0.3) is 10.4 Å². The van der Waals surface area contributed by atoms with Gasteiger partial charge in [0.15, 0.2) is 17.3 Å². The molecule has 1 aromatic carbocycles. The zero-order valence-corrected chi connectivity index (χ0v) is 15.2. The van der Waals surface area contributed by atoms with E-state index in [0.717, 1.165) is 34.8 Å². The summed E-state index contributed by atoms with van der Waals surface area (Å²) in [5.41, 5.74) is 1.01. The molecule has 27 heavy (non-hydrogen) atoms. The molecule has 0 unspecified atom stereocenters. The van der Waals surface area contributed by atoms with E-state index >= 15 is 0 Å². The predicted octanol–water partition coefficient (Wildman–Crippen LogP) is 2.68. The SMILES string of the molecule is O=C(c1ccc(-c2ccc3c(c2)OCCO3)s1)N1CCC[C@H]1c1nn[nH]n1. The molecule has 0 spiro atoms. The van der Waals surface area contributed by atoms with E-state index in [4.69, 9.17) is 9.47 Å². The minimum atomic E-state index is -0.115. The van der Waals surface area contributed by atoms with E-state index in [1.54, 1.807) is 0 Å². The number of carbonyl (C=O) groups is 1. The van der Waals surface area contributed by atoms with Crippen molar-refractivity contribution in [1.29, 1.82) is 0 Å². The fourth-order valence-corrected chi connectivity index (χ4v) is 4.49. The van der Waals surface area contributed by atoms with Gasteiger partial charge in [0, 0.05) is 11.4 Å². The highest BCUT2D eigenvalue weighted by atomic mass is 32.1. The maximum Gasteiger partial charge on any atom is 0.264 e. The first kappa shape index (κ1) is 16.2. The van der Waals surface area contributed by atoms with Crippen LogP contribution in [0.2, 0.25) is 0 Å². The summed E-state index contributed by atoms with van der Waals surface area (Å²) in [7, 11) is 0. The van der Waals surface area contributed by atoms with Crippen LogP contribution in [0.15, 0.2) is 30.3 Å². The Morgan fingerprint density at radius 1 is 1.19 bits per heavy atom. The Labute approximate surface area is 159 Å². The number of aromatic amines is 1. The Hall–Kier alpha value is -2.94. The molecule has 2 aromatic heterocycles. The number of thiophene rings is 1. The number of tetrazole rings is 1. The number of likely N-dealkylation sites (tertiary alicyclic amines) is 1. The van der Waals surface area contributed by atoms with Crippen LogP contribution in [0.1, 0.15) is 34.4 Å². The van der Waals surface area contributed by atoms with Gasteiger partial charge in [0.05, 0.1) is 10.9 Å². The highest BCUT2D eigenvalue weighted by molar-refractivity contribution is 7.17. The Bertz CT molecular complexity index is 971. The number of aromatic nitrogens is 4. The second-order valence-electron chi connectivity index (χ2n) is 6.45. The number of hydrogen-bond donors (Lipinski definition) is 1. The van der Waals surface area contributed by atoms with E-state index in [1.165, 1.54) is 11.3 Å². The summed E-state index contributed by atoms with van der Waals surface area (Å²) in [6.07, 6.45) is 1.79. The molecule has 0 aliphatic carbocycles. The molecule has 4 heterocycles. The second-order valence-corrected chi connectivity index (χ2v) is 7.53. The molecule has 5 rings (SSSR count). The van der Waals surface area contributed by atoms with Gasteiger partial charge in [-0.2, -0.15) is 5.21 Å². The molecule has 8 nitrogen and oxygen atoms in total. The average Bonchev–Trinajstić information content (AvgIpc) is 3.48. The summed E-state index contributed by atoms with van der Waals surface area (Å²) >= 11 is 1.48. The van der Waals surface area contributed by atoms with Crippen LogP contribution >= 0.6 is 11.3 Å². The van der Waals surface area contributed by atoms with Crippen LogP contribution in [0.5, 0.6) is 11.5 Å². The van der Waals surface area contributed by atoms with Crippen molar-refractivity contribution in [2.45, 2.75) is 18.9 Å². The van der Waals surface area contributed by atoms with E-state index in [2.05, 4.69) is 20.6 Å². The maximum atomic E-state index is 13.0. The summed E-state index contributed by atoms with van der Waals surface area (Å²) in [4.78, 5) is 16.6. The van der Waals surface area contributed by atoms with E-state index in [9.17, 15) is 4.79 Å². The molecule has 1 amide bonds. The molecule has 0 bridgehead atoms. The number of benzene rings is 1. The summed E-state index contributed by atoms with van der Waals surface area (Å²) in [5, 5.41) is 14.2. The summed E-state index contributed by atoms with van der Waals surface area (Å²) in [5.74, 6) is 2.09. The molecule has 1 atom stereocenters. The first-order chi connectivity index (χ1) is 13.3. The predicted molar refractivity (Wildman–Crippen MR) is 97.9 cm³/mol. The molecular formula is C18H17N5O3S. The van der Waals surface area contributed by atoms with Gasteiger partial charge < -0.3 is 14.4 Å². The Balaban J connectivity index is 1.39. The van der Waals surface area contributed by atoms with Gasteiger partial charge in [-0.15, -0.1) is 21.5 Å². The maximum absolute atomic E-state index is 13.0. The van der Waals surface area contributed by atoms with Crippen LogP contribution in [0.4, 0.5) is 0 Å². The summed E-state index contributed by atoms with van der Waals surface area (Å²) in [6.45, 7) is 1.83. The Kier molecular flexibility index (Phi) is 4.01. The van der Waals surface area contributed by atoms with Crippen LogP contribution in [-0.2, 0) is 0 Å². The van der Waals surface area contributed by atoms with Crippen molar-refractivity contribution in [3.63, 3.8) is 0 Å². The number of amides is 1. The van der Waals surface area contributed by atoms with Crippen molar-refractivity contribution in [3.05, 3.63) is 41.0 Å². The number of hydrogen-bond acceptors (Lipinski definition) is 7.